The first-order valence-electron chi connectivity index (χ1n) is 12.7. The Hall–Kier alpha value is -4.24. The van der Waals surface area contributed by atoms with Crippen molar-refractivity contribution in [3.63, 3.8) is 0 Å². The van der Waals surface area contributed by atoms with E-state index in [2.05, 4.69) is 16.0 Å². The molecular formula is C25H38N6O9. The number of hydrogen-bond acceptors (Lipinski definition) is 9. The molecule has 40 heavy (non-hydrogen) atoms. The minimum Gasteiger partial charge on any atom is -0.508 e. The van der Waals surface area contributed by atoms with E-state index in [0.717, 1.165) is 0 Å². The number of benzene rings is 1. The zero-order chi connectivity index (χ0) is 30.2. The van der Waals surface area contributed by atoms with Gasteiger partial charge in [-0.15, -0.1) is 0 Å². The van der Waals surface area contributed by atoms with Crippen molar-refractivity contribution in [2.24, 2.45) is 17.2 Å². The van der Waals surface area contributed by atoms with Crippen LogP contribution in [0.4, 0.5) is 0 Å². The molecule has 1 aromatic carbocycles. The van der Waals surface area contributed by atoms with Crippen LogP contribution in [0.15, 0.2) is 24.3 Å². The van der Waals surface area contributed by atoms with E-state index in [-0.39, 0.29) is 31.4 Å². The van der Waals surface area contributed by atoms with Gasteiger partial charge in [0.05, 0.1) is 6.04 Å². The minimum atomic E-state index is -1.56. The molecule has 0 bridgehead atoms. The highest BCUT2D eigenvalue weighted by molar-refractivity contribution is 5.94. The molecule has 0 aliphatic heterocycles. The molecule has 15 heteroatoms. The van der Waals surface area contributed by atoms with Gasteiger partial charge >= 0.3 is 11.9 Å². The fraction of sp³-hybridized carbons (Fsp3) is 0.520. The summed E-state index contributed by atoms with van der Waals surface area (Å²) in [5, 5.41) is 34.7. The monoisotopic (exact) mass is 566 g/mol. The number of rotatable bonds is 19. The molecule has 0 aliphatic carbocycles. The molecule has 4 amide bonds. The molecular weight excluding hydrogens is 528 g/mol. The number of carbonyl (C=O) groups is 6. The molecule has 0 spiro atoms. The lowest BCUT2D eigenvalue weighted by Gasteiger charge is -2.25. The third-order valence-corrected chi connectivity index (χ3v) is 5.88. The first-order valence-corrected chi connectivity index (χ1v) is 12.7. The second-order valence-corrected chi connectivity index (χ2v) is 9.22. The maximum Gasteiger partial charge on any atom is 0.326 e. The van der Waals surface area contributed by atoms with Crippen LogP contribution in [0.3, 0.4) is 0 Å². The maximum absolute atomic E-state index is 13.2. The Kier molecular flexibility index (Phi) is 14.7. The van der Waals surface area contributed by atoms with Gasteiger partial charge in [-0.3, -0.25) is 24.0 Å². The SMILES string of the molecule is NCCCCC(NC(=O)C(N)Cc1ccc(O)cc1)C(=O)NC(CCC(N)=O)C(=O)NC(CCC(=O)O)C(=O)O. The fourth-order valence-corrected chi connectivity index (χ4v) is 3.64. The van der Waals surface area contributed by atoms with E-state index in [1.807, 2.05) is 0 Å². The van der Waals surface area contributed by atoms with Crippen LogP contribution in [0.25, 0.3) is 0 Å². The first-order chi connectivity index (χ1) is 18.8. The van der Waals surface area contributed by atoms with E-state index in [0.29, 0.717) is 24.9 Å². The molecule has 0 aromatic heterocycles. The molecule has 0 aliphatic rings. The Labute approximate surface area is 230 Å². The van der Waals surface area contributed by atoms with Crippen LogP contribution in [-0.4, -0.2) is 81.6 Å². The average molecular weight is 567 g/mol. The van der Waals surface area contributed by atoms with Gasteiger partial charge in [-0.25, -0.2) is 4.79 Å². The normalized spacial score (nSPS) is 13.8. The number of carboxylic acids is 2. The van der Waals surface area contributed by atoms with E-state index >= 15 is 0 Å². The number of phenolic OH excluding ortho intramolecular Hbond substituents is 1. The topological polar surface area (TPSA) is 277 Å². The number of hydrogen-bond donors (Lipinski definition) is 9. The zero-order valence-electron chi connectivity index (χ0n) is 22.0. The van der Waals surface area contributed by atoms with Crippen molar-refractivity contribution >= 4 is 35.6 Å². The van der Waals surface area contributed by atoms with Crippen LogP contribution >= 0.6 is 0 Å². The summed E-state index contributed by atoms with van der Waals surface area (Å²) in [5.74, 6) is -5.89. The molecule has 12 N–H and O–H groups in total. The smallest absolute Gasteiger partial charge is 0.326 e. The summed E-state index contributed by atoms with van der Waals surface area (Å²) in [6.07, 6.45) is -0.320. The Morgan fingerprint density at radius 2 is 1.27 bits per heavy atom. The predicted octanol–water partition coefficient (Wildman–Crippen LogP) is -1.94. The number of nitrogens with two attached hydrogens (primary N) is 3. The van der Waals surface area contributed by atoms with Gasteiger partial charge in [0.25, 0.3) is 0 Å². The highest BCUT2D eigenvalue weighted by Gasteiger charge is 2.30. The van der Waals surface area contributed by atoms with Gasteiger partial charge in [0, 0.05) is 12.8 Å². The van der Waals surface area contributed by atoms with Gasteiger partial charge in [-0.2, -0.15) is 0 Å². The minimum absolute atomic E-state index is 0.0462. The van der Waals surface area contributed by atoms with Crippen LogP contribution in [-0.2, 0) is 35.2 Å². The number of aliphatic carboxylic acids is 2. The highest BCUT2D eigenvalue weighted by atomic mass is 16.4. The number of nitrogens with one attached hydrogen (secondary N) is 3. The summed E-state index contributed by atoms with van der Waals surface area (Å²) in [7, 11) is 0. The first kappa shape index (κ1) is 33.8. The molecule has 0 heterocycles. The molecule has 0 radical (unpaired) electrons. The summed E-state index contributed by atoms with van der Waals surface area (Å²) in [6, 6.07) is 0.909. The van der Waals surface area contributed by atoms with Crippen LogP contribution in [0, 0.1) is 0 Å². The number of aromatic hydroxyl groups is 1. The van der Waals surface area contributed by atoms with Crippen molar-refractivity contribution in [1.82, 2.24) is 16.0 Å². The highest BCUT2D eigenvalue weighted by Crippen LogP contribution is 2.11. The molecule has 0 saturated heterocycles. The lowest BCUT2D eigenvalue weighted by molar-refractivity contribution is -0.143. The molecule has 15 nitrogen and oxygen atoms in total. The van der Waals surface area contributed by atoms with E-state index in [1.165, 1.54) is 12.1 Å². The summed E-state index contributed by atoms with van der Waals surface area (Å²) in [5.41, 5.74) is 17.4. The van der Waals surface area contributed by atoms with E-state index < -0.39 is 72.6 Å². The second-order valence-electron chi connectivity index (χ2n) is 9.22. The standard InChI is InChI=1S/C25H38N6O9/c26-12-2-1-3-17(29-22(36)16(27)13-14-4-6-15(32)7-5-14)23(37)30-18(8-10-20(28)33)24(38)31-19(25(39)40)9-11-21(34)35/h4-7,16-19,32H,1-3,8-13,26-27H2,(H2,28,33)(H,29,36)(H,30,37)(H,31,38)(H,34,35)(H,39,40). The van der Waals surface area contributed by atoms with Gasteiger partial charge in [0.15, 0.2) is 0 Å². The molecule has 0 saturated carbocycles. The van der Waals surface area contributed by atoms with Crippen molar-refractivity contribution < 1.29 is 44.1 Å². The molecule has 4 unspecified atom stereocenters. The van der Waals surface area contributed by atoms with Gasteiger partial charge in [-0.05, 0) is 62.8 Å². The molecule has 0 fully saturated rings. The van der Waals surface area contributed by atoms with Gasteiger partial charge < -0.3 is 48.5 Å². The Balaban J connectivity index is 3.01. The predicted molar refractivity (Wildman–Crippen MR) is 141 cm³/mol. The maximum atomic E-state index is 13.2. The van der Waals surface area contributed by atoms with Crippen molar-refractivity contribution in [1.29, 1.82) is 0 Å². The number of primary amides is 1. The zero-order valence-corrected chi connectivity index (χ0v) is 22.0. The van der Waals surface area contributed by atoms with Crippen molar-refractivity contribution in [3.8, 4) is 5.75 Å². The number of carbonyl (C=O) groups excluding carboxylic acids is 4. The average Bonchev–Trinajstić information content (AvgIpc) is 2.88. The lowest BCUT2D eigenvalue weighted by Crippen LogP contribution is -2.57. The number of carboxylic acid groups (broad SMARTS) is 2. The van der Waals surface area contributed by atoms with Crippen molar-refractivity contribution in [2.75, 3.05) is 6.54 Å². The summed E-state index contributed by atoms with van der Waals surface area (Å²) in [6.45, 7) is 0.333. The van der Waals surface area contributed by atoms with E-state index in [1.54, 1.807) is 12.1 Å². The van der Waals surface area contributed by atoms with Crippen molar-refractivity contribution in [3.05, 3.63) is 29.8 Å². The summed E-state index contributed by atoms with van der Waals surface area (Å²) >= 11 is 0. The van der Waals surface area contributed by atoms with Crippen LogP contribution in [0.5, 0.6) is 5.75 Å². The molecule has 222 valence electrons. The lowest BCUT2D eigenvalue weighted by atomic mass is 10.0. The van der Waals surface area contributed by atoms with Crippen LogP contribution in [0.2, 0.25) is 0 Å². The van der Waals surface area contributed by atoms with E-state index in [9.17, 15) is 39.0 Å². The second kappa shape index (κ2) is 17.4. The third kappa shape index (κ3) is 13.0. The van der Waals surface area contributed by atoms with E-state index in [4.69, 9.17) is 22.3 Å². The molecule has 1 aromatic rings. The number of amides is 4. The largest absolute Gasteiger partial charge is 0.508 e. The van der Waals surface area contributed by atoms with Gasteiger partial charge in [0.2, 0.25) is 23.6 Å². The van der Waals surface area contributed by atoms with Crippen LogP contribution < -0.4 is 33.2 Å². The fourth-order valence-electron chi connectivity index (χ4n) is 3.64. The summed E-state index contributed by atoms with van der Waals surface area (Å²) < 4.78 is 0. The molecule has 1 rings (SSSR count). The van der Waals surface area contributed by atoms with Gasteiger partial charge in [0.1, 0.15) is 23.9 Å². The summed E-state index contributed by atoms with van der Waals surface area (Å²) in [4.78, 5) is 72.5. The number of phenols is 1. The van der Waals surface area contributed by atoms with Crippen molar-refractivity contribution in [2.45, 2.75) is 75.5 Å². The molecule has 4 atom stereocenters. The Bertz CT molecular complexity index is 1030. The Morgan fingerprint density at radius 3 is 1.80 bits per heavy atom. The van der Waals surface area contributed by atoms with Gasteiger partial charge in [-0.1, -0.05) is 12.1 Å². The third-order valence-electron chi connectivity index (χ3n) is 5.88. The quantitative estimate of drug-likeness (QED) is 0.0830. The van der Waals surface area contributed by atoms with Crippen LogP contribution in [0.1, 0.15) is 50.5 Å². The number of unbranched alkanes of at least 4 members (excludes halogenated alkanes) is 1. The Morgan fingerprint density at radius 1 is 0.750 bits per heavy atom.